The second-order valence-electron chi connectivity index (χ2n) is 6.34. The van der Waals surface area contributed by atoms with E-state index in [0.29, 0.717) is 13.2 Å². The van der Waals surface area contributed by atoms with E-state index in [2.05, 4.69) is 15.6 Å². The number of rotatable bonds is 9. The lowest BCUT2D eigenvalue weighted by Gasteiger charge is -2.11. The van der Waals surface area contributed by atoms with Gasteiger partial charge in [-0.1, -0.05) is 0 Å². The van der Waals surface area contributed by atoms with Crippen LogP contribution in [0.2, 0.25) is 0 Å². The minimum absolute atomic E-state index is 0.615. The van der Waals surface area contributed by atoms with Crippen LogP contribution < -0.4 is 10.6 Å². The number of methoxy groups -OCH3 is 1. The van der Waals surface area contributed by atoms with E-state index in [1.165, 1.54) is 34.8 Å². The number of ether oxygens (including phenoxy) is 1. The normalized spacial score (nSPS) is 14.3. The van der Waals surface area contributed by atoms with Gasteiger partial charge in [-0.15, -0.1) is 11.3 Å². The Morgan fingerprint density at radius 2 is 2.12 bits per heavy atom. The van der Waals surface area contributed by atoms with Gasteiger partial charge in [-0.2, -0.15) is 0 Å². The van der Waals surface area contributed by atoms with Crippen molar-refractivity contribution in [3.05, 3.63) is 39.7 Å². The molecule has 0 atom stereocenters. The largest absolute Gasteiger partial charge is 0.469 e. The van der Waals surface area contributed by atoms with Crippen LogP contribution in [-0.4, -0.2) is 44.3 Å². The number of hydrogen-bond donors (Lipinski definition) is 2. The molecule has 0 amide bonds. The molecule has 2 aromatic heterocycles. The molecule has 0 spiro atoms. The molecule has 142 valence electrons. The van der Waals surface area contributed by atoms with Gasteiger partial charge in [-0.05, 0) is 37.8 Å². The number of nitrogens with zero attached hydrogens (tertiary/aromatic N) is 2. The molecule has 1 aliphatic carbocycles. The molecule has 26 heavy (non-hydrogen) atoms. The third-order valence-corrected chi connectivity index (χ3v) is 5.55. The number of thiazole rings is 1. The third-order valence-electron chi connectivity index (χ3n) is 4.33. The molecular weight excluding hydrogens is 348 g/mol. The third kappa shape index (κ3) is 5.85. The van der Waals surface area contributed by atoms with Crippen molar-refractivity contribution in [2.24, 2.45) is 4.99 Å². The van der Waals surface area contributed by atoms with Crippen LogP contribution in [0.15, 0.2) is 27.8 Å². The highest BCUT2D eigenvalue weighted by Gasteiger charge is 2.14. The Bertz CT molecular complexity index is 658. The minimum Gasteiger partial charge on any atom is -0.469 e. The first-order valence-electron chi connectivity index (χ1n) is 9.36. The summed E-state index contributed by atoms with van der Waals surface area (Å²) >= 11 is 1.88. The fourth-order valence-electron chi connectivity index (χ4n) is 2.98. The van der Waals surface area contributed by atoms with Crippen molar-refractivity contribution in [3.8, 4) is 0 Å². The average molecular weight is 377 g/mol. The number of aliphatic imine (C=N–C) groups is 1. The summed E-state index contributed by atoms with van der Waals surface area (Å²) in [4.78, 5) is 10.9. The zero-order valence-corrected chi connectivity index (χ0v) is 16.2. The molecule has 2 aromatic rings. The molecule has 0 aromatic carbocycles. The van der Waals surface area contributed by atoms with Crippen LogP contribution in [-0.2, 0) is 30.4 Å². The second-order valence-corrected chi connectivity index (χ2v) is 7.51. The zero-order valence-electron chi connectivity index (χ0n) is 15.4. The maximum atomic E-state index is 5.37. The van der Waals surface area contributed by atoms with Crippen molar-refractivity contribution in [2.45, 2.75) is 38.5 Å². The zero-order chi connectivity index (χ0) is 18.0. The second kappa shape index (κ2) is 10.3. The molecule has 6 nitrogen and oxygen atoms in total. The van der Waals surface area contributed by atoms with Crippen LogP contribution in [0.3, 0.4) is 0 Å². The number of hydrogen-bond acceptors (Lipinski definition) is 5. The van der Waals surface area contributed by atoms with E-state index in [0.717, 1.165) is 44.1 Å². The molecule has 0 radical (unpaired) electrons. The Kier molecular flexibility index (Phi) is 7.51. The van der Waals surface area contributed by atoms with E-state index >= 15 is 0 Å². The lowest BCUT2D eigenvalue weighted by atomic mass is 10.0. The van der Waals surface area contributed by atoms with Crippen molar-refractivity contribution < 1.29 is 9.15 Å². The van der Waals surface area contributed by atoms with Crippen molar-refractivity contribution in [1.29, 1.82) is 0 Å². The predicted molar refractivity (Wildman–Crippen MR) is 105 cm³/mol. The first kappa shape index (κ1) is 18.9. The van der Waals surface area contributed by atoms with Crippen molar-refractivity contribution >= 4 is 17.3 Å². The van der Waals surface area contributed by atoms with E-state index in [-0.39, 0.29) is 0 Å². The topological polar surface area (TPSA) is 71.7 Å². The molecular formula is C19H28N4O2S. The summed E-state index contributed by atoms with van der Waals surface area (Å²) < 4.78 is 10.5. The highest BCUT2D eigenvalue weighted by atomic mass is 32.1. The van der Waals surface area contributed by atoms with E-state index in [1.54, 1.807) is 13.4 Å². The van der Waals surface area contributed by atoms with Gasteiger partial charge in [0.15, 0.2) is 5.96 Å². The number of aromatic nitrogens is 1. The average Bonchev–Trinajstić information content (AvgIpc) is 3.30. The molecule has 0 bridgehead atoms. The number of fused-ring (bicyclic) bond motifs is 1. The molecule has 0 aliphatic heterocycles. The van der Waals surface area contributed by atoms with Crippen LogP contribution in [0.25, 0.3) is 0 Å². The molecule has 1 aliphatic rings. The Morgan fingerprint density at radius 1 is 1.27 bits per heavy atom. The molecule has 0 saturated carbocycles. The van der Waals surface area contributed by atoms with Crippen LogP contribution >= 0.6 is 11.3 Å². The summed E-state index contributed by atoms with van der Waals surface area (Å²) in [5, 5.41) is 8.00. The Morgan fingerprint density at radius 3 is 2.88 bits per heavy atom. The summed E-state index contributed by atoms with van der Waals surface area (Å²) in [6.45, 7) is 2.85. The molecule has 2 N–H and O–H groups in total. The fourth-order valence-corrected chi connectivity index (χ4v) is 4.14. The van der Waals surface area contributed by atoms with E-state index in [4.69, 9.17) is 14.1 Å². The van der Waals surface area contributed by atoms with Crippen LogP contribution in [0.5, 0.6) is 0 Å². The van der Waals surface area contributed by atoms with E-state index < -0.39 is 0 Å². The number of nitrogens with one attached hydrogen (secondary N) is 2. The van der Waals surface area contributed by atoms with Gasteiger partial charge in [0, 0.05) is 37.9 Å². The summed E-state index contributed by atoms with van der Waals surface area (Å²) in [5.74, 6) is 1.79. The summed E-state index contributed by atoms with van der Waals surface area (Å²) in [6.07, 6.45) is 8.41. The SMILES string of the molecule is COCCN=C(NCCc1ccco1)NCCc1nc2c(s1)CCCC2. The summed E-state index contributed by atoms with van der Waals surface area (Å²) in [6, 6.07) is 3.90. The smallest absolute Gasteiger partial charge is 0.191 e. The van der Waals surface area contributed by atoms with Gasteiger partial charge < -0.3 is 19.8 Å². The van der Waals surface area contributed by atoms with E-state index in [9.17, 15) is 0 Å². The molecule has 0 unspecified atom stereocenters. The quantitative estimate of drug-likeness (QED) is 0.400. The van der Waals surface area contributed by atoms with Gasteiger partial charge in [0.2, 0.25) is 0 Å². The van der Waals surface area contributed by atoms with Crippen LogP contribution in [0, 0.1) is 0 Å². The van der Waals surface area contributed by atoms with Crippen molar-refractivity contribution in [1.82, 2.24) is 15.6 Å². The predicted octanol–water partition coefficient (Wildman–Crippen LogP) is 2.58. The highest BCUT2D eigenvalue weighted by molar-refractivity contribution is 7.11. The number of aryl methyl sites for hydroxylation is 2. The lowest BCUT2D eigenvalue weighted by Crippen LogP contribution is -2.39. The number of guanidine groups is 1. The monoisotopic (exact) mass is 376 g/mol. The van der Waals surface area contributed by atoms with Gasteiger partial charge in [-0.3, -0.25) is 4.99 Å². The maximum Gasteiger partial charge on any atom is 0.191 e. The summed E-state index contributed by atoms with van der Waals surface area (Å²) in [7, 11) is 1.69. The van der Waals surface area contributed by atoms with Crippen molar-refractivity contribution in [2.75, 3.05) is 33.4 Å². The first-order chi connectivity index (χ1) is 12.8. The first-order valence-corrected chi connectivity index (χ1v) is 10.2. The minimum atomic E-state index is 0.615. The van der Waals surface area contributed by atoms with Gasteiger partial charge in [-0.25, -0.2) is 4.98 Å². The summed E-state index contributed by atoms with van der Waals surface area (Å²) in [5.41, 5.74) is 1.34. The molecule has 0 saturated heterocycles. The van der Waals surface area contributed by atoms with Gasteiger partial charge in [0.1, 0.15) is 5.76 Å². The molecule has 3 rings (SSSR count). The van der Waals surface area contributed by atoms with E-state index in [1.807, 2.05) is 23.5 Å². The Balaban J connectivity index is 1.45. The van der Waals surface area contributed by atoms with Gasteiger partial charge in [0.25, 0.3) is 0 Å². The molecule has 0 fully saturated rings. The standard InChI is InChI=1S/C19H28N4O2S/c1-24-14-12-22-19(20-10-8-15-5-4-13-25-15)21-11-9-18-23-16-6-2-3-7-17(16)26-18/h4-5,13H,2-3,6-12,14H2,1H3,(H2,20,21,22). The molecule has 2 heterocycles. The van der Waals surface area contributed by atoms with Gasteiger partial charge >= 0.3 is 0 Å². The maximum absolute atomic E-state index is 5.37. The van der Waals surface area contributed by atoms with Crippen molar-refractivity contribution in [3.63, 3.8) is 0 Å². The van der Waals surface area contributed by atoms with Crippen LogP contribution in [0.4, 0.5) is 0 Å². The number of furan rings is 1. The van der Waals surface area contributed by atoms with Crippen LogP contribution in [0.1, 0.15) is 34.2 Å². The Labute approximate surface area is 159 Å². The Hall–Kier alpha value is -1.86. The lowest BCUT2D eigenvalue weighted by molar-refractivity contribution is 0.208. The fraction of sp³-hybridized carbons (Fsp3) is 0.579. The molecule has 7 heteroatoms. The van der Waals surface area contributed by atoms with Gasteiger partial charge in [0.05, 0.1) is 30.1 Å². The highest BCUT2D eigenvalue weighted by Crippen LogP contribution is 2.26.